The van der Waals surface area contributed by atoms with Crippen LogP contribution in [0.2, 0.25) is 5.15 Å². The highest BCUT2D eigenvalue weighted by molar-refractivity contribution is 6.29. The van der Waals surface area contributed by atoms with Gasteiger partial charge in [-0.2, -0.15) is 5.10 Å². The second-order valence-electron chi connectivity index (χ2n) is 2.36. The summed E-state index contributed by atoms with van der Waals surface area (Å²) >= 11 is 5.78. The minimum atomic E-state index is 0. The van der Waals surface area contributed by atoms with Crippen LogP contribution in [0.5, 0.6) is 0 Å². The Morgan fingerprint density at radius 2 is 2.33 bits per heavy atom. The van der Waals surface area contributed by atoms with E-state index in [1.165, 1.54) is 0 Å². The molecule has 0 spiro atoms. The van der Waals surface area contributed by atoms with Crippen LogP contribution in [-0.2, 0) is 13.6 Å². The summed E-state index contributed by atoms with van der Waals surface area (Å²) in [5.41, 5.74) is 0.986. The Morgan fingerprint density at radius 3 is 2.75 bits per heavy atom. The van der Waals surface area contributed by atoms with Crippen molar-refractivity contribution < 1.29 is 0 Å². The van der Waals surface area contributed by atoms with Crippen LogP contribution < -0.4 is 5.32 Å². The van der Waals surface area contributed by atoms with Gasteiger partial charge < -0.3 is 5.32 Å². The second-order valence-corrected chi connectivity index (χ2v) is 2.75. The third kappa shape index (κ3) is 3.01. The van der Waals surface area contributed by atoms with Crippen molar-refractivity contribution >= 4 is 24.0 Å². The molecule has 0 unspecified atom stereocenters. The Kier molecular flexibility index (Phi) is 5.29. The maximum Gasteiger partial charge on any atom is 0.127 e. The molecule has 0 fully saturated rings. The molecule has 0 aliphatic carbocycles. The largest absolute Gasteiger partial charge is 0.311 e. The highest BCUT2D eigenvalue weighted by Crippen LogP contribution is 2.08. The van der Waals surface area contributed by atoms with E-state index in [9.17, 15) is 0 Å². The smallest absolute Gasteiger partial charge is 0.127 e. The van der Waals surface area contributed by atoms with Crippen molar-refractivity contribution in [3.05, 3.63) is 16.9 Å². The van der Waals surface area contributed by atoms with E-state index in [0.29, 0.717) is 5.15 Å². The fraction of sp³-hybridized carbons (Fsp3) is 0.571. The van der Waals surface area contributed by atoms with E-state index < -0.39 is 0 Å². The van der Waals surface area contributed by atoms with Crippen molar-refractivity contribution in [2.75, 3.05) is 6.54 Å². The Bertz CT molecular complexity index is 215. The van der Waals surface area contributed by atoms with Gasteiger partial charge in [0.05, 0.1) is 5.69 Å². The summed E-state index contributed by atoms with van der Waals surface area (Å²) in [5, 5.41) is 8.02. The van der Waals surface area contributed by atoms with Gasteiger partial charge in [0.15, 0.2) is 0 Å². The molecule has 12 heavy (non-hydrogen) atoms. The average Bonchev–Trinajstić information content (AvgIpc) is 2.28. The Hall–Kier alpha value is -0.250. The third-order valence-corrected chi connectivity index (χ3v) is 1.78. The van der Waals surface area contributed by atoms with E-state index in [2.05, 4.69) is 17.3 Å². The summed E-state index contributed by atoms with van der Waals surface area (Å²) in [6.45, 7) is 3.80. The molecule has 1 aromatic heterocycles. The Balaban J connectivity index is 0.00000121. The van der Waals surface area contributed by atoms with Gasteiger partial charge in [0, 0.05) is 13.6 Å². The molecule has 0 saturated carbocycles. The first-order chi connectivity index (χ1) is 5.24. The monoisotopic (exact) mass is 209 g/mol. The summed E-state index contributed by atoms with van der Waals surface area (Å²) in [6, 6.07) is 1.87. The van der Waals surface area contributed by atoms with Crippen LogP contribution in [-0.4, -0.2) is 16.3 Å². The van der Waals surface area contributed by atoms with Crippen molar-refractivity contribution in [3.8, 4) is 0 Å². The van der Waals surface area contributed by atoms with Crippen molar-refractivity contribution in [1.82, 2.24) is 15.1 Å². The van der Waals surface area contributed by atoms with Gasteiger partial charge in [-0.3, -0.25) is 4.68 Å². The first kappa shape index (κ1) is 11.8. The summed E-state index contributed by atoms with van der Waals surface area (Å²) < 4.78 is 1.66. The first-order valence-electron chi connectivity index (χ1n) is 3.63. The fourth-order valence-corrected chi connectivity index (χ4v) is 1.00. The number of nitrogens with one attached hydrogen (secondary N) is 1. The lowest BCUT2D eigenvalue weighted by Gasteiger charge is -1.94. The zero-order valence-electron chi connectivity index (χ0n) is 7.17. The topological polar surface area (TPSA) is 29.9 Å². The molecule has 0 aromatic carbocycles. The molecule has 0 amide bonds. The molecule has 0 aliphatic heterocycles. The molecular weight excluding hydrogens is 197 g/mol. The lowest BCUT2D eigenvalue weighted by atomic mass is 10.4. The molecule has 1 heterocycles. The van der Waals surface area contributed by atoms with Crippen LogP contribution in [0.4, 0.5) is 0 Å². The van der Waals surface area contributed by atoms with Crippen LogP contribution in [0.3, 0.4) is 0 Å². The van der Waals surface area contributed by atoms with Crippen molar-refractivity contribution in [3.63, 3.8) is 0 Å². The summed E-state index contributed by atoms with van der Waals surface area (Å²) in [5.74, 6) is 0. The number of halogens is 2. The van der Waals surface area contributed by atoms with Gasteiger partial charge in [-0.1, -0.05) is 18.5 Å². The number of aromatic nitrogens is 2. The maximum atomic E-state index is 5.78. The SMILES string of the molecule is CCNCc1cc(Cl)n(C)n1.Cl. The summed E-state index contributed by atoms with van der Waals surface area (Å²) in [7, 11) is 1.83. The lowest BCUT2D eigenvalue weighted by Crippen LogP contribution is -2.12. The second kappa shape index (κ2) is 5.41. The molecule has 0 saturated heterocycles. The minimum absolute atomic E-state index is 0. The minimum Gasteiger partial charge on any atom is -0.311 e. The van der Waals surface area contributed by atoms with Gasteiger partial charge in [0.1, 0.15) is 5.15 Å². The molecule has 0 bridgehead atoms. The van der Waals surface area contributed by atoms with E-state index >= 15 is 0 Å². The molecule has 1 aromatic rings. The number of hydrogen-bond acceptors (Lipinski definition) is 2. The van der Waals surface area contributed by atoms with Crippen LogP contribution in [0.15, 0.2) is 6.07 Å². The standard InChI is InChI=1S/C7H12ClN3.ClH/c1-3-9-5-6-4-7(8)11(2)10-6;/h4,9H,3,5H2,1-2H3;1H. The van der Waals surface area contributed by atoms with Crippen LogP contribution >= 0.6 is 24.0 Å². The molecule has 5 heteroatoms. The molecule has 70 valence electrons. The predicted molar refractivity (Wildman–Crippen MR) is 52.8 cm³/mol. The predicted octanol–water partition coefficient (Wildman–Crippen LogP) is 1.60. The van der Waals surface area contributed by atoms with E-state index in [1.807, 2.05) is 13.1 Å². The van der Waals surface area contributed by atoms with Crippen molar-refractivity contribution in [2.45, 2.75) is 13.5 Å². The Labute approximate surface area is 83.5 Å². The van der Waals surface area contributed by atoms with E-state index in [1.54, 1.807) is 4.68 Å². The zero-order chi connectivity index (χ0) is 8.27. The molecule has 1 rings (SSSR count). The van der Waals surface area contributed by atoms with Crippen LogP contribution in [0.25, 0.3) is 0 Å². The lowest BCUT2D eigenvalue weighted by molar-refractivity contribution is 0.677. The number of rotatable bonds is 3. The molecule has 0 atom stereocenters. The van der Waals surface area contributed by atoms with Gasteiger partial charge in [0.2, 0.25) is 0 Å². The normalized spacial score (nSPS) is 9.58. The summed E-state index contributed by atoms with van der Waals surface area (Å²) in [6.07, 6.45) is 0. The van der Waals surface area contributed by atoms with Gasteiger partial charge in [-0.05, 0) is 12.6 Å². The van der Waals surface area contributed by atoms with Crippen molar-refractivity contribution in [1.29, 1.82) is 0 Å². The fourth-order valence-electron chi connectivity index (χ4n) is 0.840. The molecule has 3 nitrogen and oxygen atoms in total. The highest BCUT2D eigenvalue weighted by atomic mass is 35.5. The number of hydrogen-bond donors (Lipinski definition) is 1. The first-order valence-corrected chi connectivity index (χ1v) is 4.01. The highest BCUT2D eigenvalue weighted by Gasteiger charge is 2.00. The van der Waals surface area contributed by atoms with E-state index in [4.69, 9.17) is 11.6 Å². The number of nitrogens with zero attached hydrogens (tertiary/aromatic N) is 2. The van der Waals surface area contributed by atoms with Gasteiger partial charge in [-0.15, -0.1) is 12.4 Å². The molecule has 1 N–H and O–H groups in total. The third-order valence-electron chi connectivity index (χ3n) is 1.43. The van der Waals surface area contributed by atoms with Crippen LogP contribution in [0.1, 0.15) is 12.6 Å². The van der Waals surface area contributed by atoms with Gasteiger partial charge in [-0.25, -0.2) is 0 Å². The summed E-state index contributed by atoms with van der Waals surface area (Å²) in [4.78, 5) is 0. The zero-order valence-corrected chi connectivity index (χ0v) is 8.74. The van der Waals surface area contributed by atoms with E-state index in [-0.39, 0.29) is 12.4 Å². The molecule has 0 aliphatic rings. The quantitative estimate of drug-likeness (QED) is 0.821. The number of aryl methyl sites for hydroxylation is 1. The van der Waals surface area contributed by atoms with E-state index in [0.717, 1.165) is 18.8 Å². The van der Waals surface area contributed by atoms with Gasteiger partial charge >= 0.3 is 0 Å². The van der Waals surface area contributed by atoms with Crippen LogP contribution in [0, 0.1) is 0 Å². The maximum absolute atomic E-state index is 5.78. The van der Waals surface area contributed by atoms with Gasteiger partial charge in [0.25, 0.3) is 0 Å². The Morgan fingerprint density at radius 1 is 1.67 bits per heavy atom. The average molecular weight is 210 g/mol. The van der Waals surface area contributed by atoms with Crippen molar-refractivity contribution in [2.24, 2.45) is 7.05 Å². The molecular formula is C7H13Cl2N3. The molecule has 0 radical (unpaired) electrons.